The van der Waals surface area contributed by atoms with Crippen LogP contribution in [0.15, 0.2) is 50.2 Å². The van der Waals surface area contributed by atoms with E-state index in [0.717, 1.165) is 16.9 Å². The molecular formula is C20H18N2O6S. The molecule has 0 radical (unpaired) electrons. The number of benzene rings is 1. The van der Waals surface area contributed by atoms with Gasteiger partial charge in [-0.05, 0) is 36.8 Å². The number of furan rings is 1. The number of rotatable bonds is 7. The number of thiazole rings is 1. The molecule has 8 nitrogen and oxygen atoms in total. The molecule has 4 rings (SSSR count). The molecule has 2 N–H and O–H groups in total. The van der Waals surface area contributed by atoms with Crippen LogP contribution in [0.5, 0.6) is 17.4 Å². The summed E-state index contributed by atoms with van der Waals surface area (Å²) in [4.78, 5) is 18.4. The Morgan fingerprint density at radius 1 is 1.28 bits per heavy atom. The topological polar surface area (TPSA) is 111 Å². The van der Waals surface area contributed by atoms with Gasteiger partial charge in [0.1, 0.15) is 18.1 Å². The van der Waals surface area contributed by atoms with E-state index >= 15 is 0 Å². The van der Waals surface area contributed by atoms with Crippen molar-refractivity contribution < 1.29 is 23.4 Å². The first-order valence-electron chi connectivity index (χ1n) is 8.74. The van der Waals surface area contributed by atoms with Gasteiger partial charge in [-0.25, -0.2) is 4.98 Å². The Hall–Kier alpha value is -3.46. The van der Waals surface area contributed by atoms with E-state index in [1.807, 2.05) is 19.1 Å². The molecule has 0 unspecified atom stereocenters. The van der Waals surface area contributed by atoms with Crippen molar-refractivity contribution in [1.82, 2.24) is 9.97 Å². The van der Waals surface area contributed by atoms with Crippen LogP contribution in [0.2, 0.25) is 0 Å². The molecule has 0 saturated carbocycles. The van der Waals surface area contributed by atoms with Gasteiger partial charge in [0.2, 0.25) is 5.88 Å². The molecule has 150 valence electrons. The van der Waals surface area contributed by atoms with E-state index in [1.165, 1.54) is 0 Å². The molecule has 0 aliphatic carbocycles. The highest BCUT2D eigenvalue weighted by Gasteiger charge is 2.15. The normalized spacial score (nSPS) is 11.0. The lowest BCUT2D eigenvalue weighted by Crippen LogP contribution is -2.00. The summed E-state index contributed by atoms with van der Waals surface area (Å²) in [5.41, 5.74) is 1.53. The van der Waals surface area contributed by atoms with Crippen LogP contribution in [0.3, 0.4) is 0 Å². The van der Waals surface area contributed by atoms with Crippen molar-refractivity contribution in [1.29, 1.82) is 0 Å². The average Bonchev–Trinajstić information content (AvgIpc) is 3.42. The van der Waals surface area contributed by atoms with Crippen molar-refractivity contribution in [2.75, 3.05) is 7.11 Å². The van der Waals surface area contributed by atoms with Crippen molar-refractivity contribution in [3.63, 3.8) is 0 Å². The number of aromatic nitrogens is 2. The molecule has 4 aromatic rings. The maximum Gasteiger partial charge on any atom is 0.307 e. The third-order valence-electron chi connectivity index (χ3n) is 4.28. The number of aryl methyl sites for hydroxylation is 1. The minimum absolute atomic E-state index is 0.104. The van der Waals surface area contributed by atoms with Crippen molar-refractivity contribution in [3.8, 4) is 29.0 Å². The molecule has 29 heavy (non-hydrogen) atoms. The van der Waals surface area contributed by atoms with Gasteiger partial charge in [0.25, 0.3) is 5.89 Å². The summed E-state index contributed by atoms with van der Waals surface area (Å²) in [6, 6.07) is 8.98. The highest BCUT2D eigenvalue weighted by Crippen LogP contribution is 2.31. The lowest BCUT2D eigenvalue weighted by Gasteiger charge is -2.11. The number of nitrogens with one attached hydrogen (secondary N) is 1. The fraction of sp³-hybridized carbons (Fsp3) is 0.200. The fourth-order valence-corrected chi connectivity index (χ4v) is 3.57. The highest BCUT2D eigenvalue weighted by atomic mass is 32.1. The zero-order chi connectivity index (χ0) is 20.4. The molecule has 0 fully saturated rings. The van der Waals surface area contributed by atoms with Crippen LogP contribution in [0, 0.1) is 6.92 Å². The lowest BCUT2D eigenvalue weighted by atomic mass is 10.1. The smallest absolute Gasteiger partial charge is 0.307 e. The van der Waals surface area contributed by atoms with Crippen molar-refractivity contribution in [2.24, 2.45) is 0 Å². The van der Waals surface area contributed by atoms with E-state index in [9.17, 15) is 9.90 Å². The summed E-state index contributed by atoms with van der Waals surface area (Å²) in [5, 5.41) is 9.76. The van der Waals surface area contributed by atoms with E-state index in [2.05, 4.69) is 9.97 Å². The van der Waals surface area contributed by atoms with Crippen LogP contribution in [0.4, 0.5) is 0 Å². The standard InChI is InChI=1S/C20H18N2O6S/c1-11-13(21-19(28-11)15-4-3-7-26-15)10-27-14-6-5-12(8-16(14)25-2)9-17-18(23)22-20(24)29-17/h3-8,23H,9-10H2,1-2H3,(H,22,24). The van der Waals surface area contributed by atoms with Crippen molar-refractivity contribution in [3.05, 3.63) is 68.2 Å². The second-order valence-corrected chi connectivity index (χ2v) is 7.30. The third-order valence-corrected chi connectivity index (χ3v) is 5.15. The Bertz CT molecular complexity index is 1170. The first kappa shape index (κ1) is 18.9. The van der Waals surface area contributed by atoms with Crippen LogP contribution in [-0.2, 0) is 13.0 Å². The third kappa shape index (κ3) is 4.04. The first-order chi connectivity index (χ1) is 14.0. The van der Waals surface area contributed by atoms with E-state index in [-0.39, 0.29) is 17.4 Å². The van der Waals surface area contributed by atoms with Crippen molar-refractivity contribution in [2.45, 2.75) is 20.0 Å². The van der Waals surface area contributed by atoms with Gasteiger partial charge in [-0.15, -0.1) is 0 Å². The Morgan fingerprint density at radius 2 is 2.14 bits per heavy atom. The molecule has 0 atom stereocenters. The molecule has 0 saturated heterocycles. The lowest BCUT2D eigenvalue weighted by molar-refractivity contribution is 0.279. The van der Waals surface area contributed by atoms with Gasteiger partial charge >= 0.3 is 4.87 Å². The van der Waals surface area contributed by atoms with Gasteiger partial charge in [-0.1, -0.05) is 17.4 Å². The molecule has 1 aromatic carbocycles. The number of oxazole rings is 1. The zero-order valence-corrected chi connectivity index (χ0v) is 16.5. The monoisotopic (exact) mass is 414 g/mol. The minimum atomic E-state index is -0.290. The van der Waals surface area contributed by atoms with E-state index in [1.54, 1.807) is 31.6 Å². The summed E-state index contributed by atoms with van der Waals surface area (Å²) in [6.45, 7) is 2.01. The molecule has 0 aliphatic rings. The SMILES string of the molecule is COc1cc(Cc2sc(=O)[nH]c2O)ccc1OCc1nc(-c2ccco2)oc1C. The van der Waals surface area contributed by atoms with Gasteiger partial charge in [0.05, 0.1) is 18.3 Å². The predicted octanol–water partition coefficient (Wildman–Crippen LogP) is 3.88. The number of ether oxygens (including phenoxy) is 2. The largest absolute Gasteiger partial charge is 0.494 e. The van der Waals surface area contributed by atoms with Gasteiger partial charge in [-0.2, -0.15) is 0 Å². The summed E-state index contributed by atoms with van der Waals surface area (Å²) >= 11 is 0.978. The molecule has 0 bridgehead atoms. The second-order valence-electron chi connectivity index (χ2n) is 6.24. The number of aromatic hydroxyl groups is 1. The van der Waals surface area contributed by atoms with Crippen LogP contribution in [0.1, 0.15) is 21.9 Å². The number of hydrogen-bond acceptors (Lipinski definition) is 8. The van der Waals surface area contributed by atoms with Crippen LogP contribution >= 0.6 is 11.3 Å². The molecule has 3 aromatic heterocycles. The fourth-order valence-electron chi connectivity index (χ4n) is 2.81. The van der Waals surface area contributed by atoms with Crippen LogP contribution in [0.25, 0.3) is 11.7 Å². The Balaban J connectivity index is 1.49. The highest BCUT2D eigenvalue weighted by molar-refractivity contribution is 7.09. The Kier molecular flexibility index (Phi) is 5.13. The van der Waals surface area contributed by atoms with Crippen LogP contribution < -0.4 is 14.3 Å². The number of aromatic amines is 1. The number of methoxy groups -OCH3 is 1. The summed E-state index contributed by atoms with van der Waals surface area (Å²) in [5.74, 6) is 2.58. The van der Waals surface area contributed by atoms with Gasteiger partial charge < -0.3 is 23.4 Å². The van der Waals surface area contributed by atoms with E-state index in [0.29, 0.717) is 45.9 Å². The average molecular weight is 414 g/mol. The molecule has 0 amide bonds. The number of hydrogen-bond donors (Lipinski definition) is 2. The molecule has 0 aliphatic heterocycles. The Morgan fingerprint density at radius 3 is 2.83 bits per heavy atom. The Labute approximate surface area is 169 Å². The van der Waals surface area contributed by atoms with Gasteiger partial charge in [0.15, 0.2) is 17.3 Å². The molecule has 0 spiro atoms. The van der Waals surface area contributed by atoms with Crippen LogP contribution in [-0.4, -0.2) is 22.2 Å². The predicted molar refractivity (Wildman–Crippen MR) is 106 cm³/mol. The summed E-state index contributed by atoms with van der Waals surface area (Å²) in [6.07, 6.45) is 1.96. The maximum atomic E-state index is 11.3. The maximum absolute atomic E-state index is 11.3. The molecule has 9 heteroatoms. The first-order valence-corrected chi connectivity index (χ1v) is 9.56. The van der Waals surface area contributed by atoms with Crippen molar-refractivity contribution >= 4 is 11.3 Å². The summed E-state index contributed by atoms with van der Waals surface area (Å²) < 4.78 is 22.2. The van der Waals surface area contributed by atoms with E-state index in [4.69, 9.17) is 18.3 Å². The quantitative estimate of drug-likeness (QED) is 0.472. The molecular weight excluding hydrogens is 396 g/mol. The van der Waals surface area contributed by atoms with Gasteiger partial charge in [-0.3, -0.25) is 9.78 Å². The number of H-pyrrole nitrogens is 1. The molecule has 3 heterocycles. The van der Waals surface area contributed by atoms with E-state index < -0.39 is 0 Å². The zero-order valence-electron chi connectivity index (χ0n) is 15.7. The minimum Gasteiger partial charge on any atom is -0.494 e. The second kappa shape index (κ2) is 7.88. The summed E-state index contributed by atoms with van der Waals surface area (Å²) in [7, 11) is 1.55. The number of nitrogens with zero attached hydrogens (tertiary/aromatic N) is 1. The van der Waals surface area contributed by atoms with Gasteiger partial charge in [0, 0.05) is 6.42 Å².